The molecule has 0 radical (unpaired) electrons. The highest BCUT2D eigenvalue weighted by molar-refractivity contribution is 6.04. The number of carbonyl (C=O) groups is 1. The molecule has 122 valence electrons. The van der Waals surface area contributed by atoms with Crippen molar-refractivity contribution in [3.63, 3.8) is 0 Å². The zero-order valence-corrected chi connectivity index (χ0v) is 13.5. The average molecular weight is 314 g/mol. The first kappa shape index (κ1) is 16.9. The van der Waals surface area contributed by atoms with Gasteiger partial charge in [-0.1, -0.05) is 0 Å². The second kappa shape index (κ2) is 8.26. The van der Waals surface area contributed by atoms with Crippen molar-refractivity contribution in [3.05, 3.63) is 53.9 Å². The van der Waals surface area contributed by atoms with Crippen LogP contribution in [0.4, 0.5) is 5.69 Å². The Kier molecular flexibility index (Phi) is 6.08. The molecule has 0 saturated heterocycles. The van der Waals surface area contributed by atoms with E-state index >= 15 is 0 Å². The van der Waals surface area contributed by atoms with Gasteiger partial charge in [0.2, 0.25) is 0 Å². The quantitative estimate of drug-likeness (QED) is 0.813. The number of aromatic nitrogens is 1. The van der Waals surface area contributed by atoms with Crippen molar-refractivity contribution < 1.29 is 9.53 Å². The van der Waals surface area contributed by atoms with Gasteiger partial charge in [-0.2, -0.15) is 0 Å². The standard InChI is InChI=1S/C17H22N4O2/c1-21(2)9-10-23-16-5-3-14(4-6-16)20-17(22)13-7-8-19-15(11-13)12-18/h3-8,11H,9-10,12,18H2,1-2H3,(H,20,22). The first-order chi connectivity index (χ1) is 11.1. The van der Waals surface area contributed by atoms with Gasteiger partial charge in [0, 0.05) is 30.5 Å². The Bertz CT molecular complexity index is 641. The Hall–Kier alpha value is -2.44. The zero-order valence-electron chi connectivity index (χ0n) is 13.5. The Morgan fingerprint density at radius 2 is 2.00 bits per heavy atom. The molecule has 1 amide bonds. The number of pyridine rings is 1. The summed E-state index contributed by atoms with van der Waals surface area (Å²) in [5, 5.41) is 2.84. The normalized spacial score (nSPS) is 10.6. The van der Waals surface area contributed by atoms with E-state index < -0.39 is 0 Å². The number of amides is 1. The summed E-state index contributed by atoms with van der Waals surface area (Å²) < 4.78 is 5.62. The van der Waals surface area contributed by atoms with Crippen molar-refractivity contribution in [2.75, 3.05) is 32.6 Å². The minimum Gasteiger partial charge on any atom is -0.492 e. The molecule has 0 aliphatic carbocycles. The first-order valence-corrected chi connectivity index (χ1v) is 7.42. The Morgan fingerprint density at radius 3 is 2.65 bits per heavy atom. The number of benzene rings is 1. The molecule has 2 rings (SSSR count). The van der Waals surface area contributed by atoms with Crippen LogP contribution in [0.3, 0.4) is 0 Å². The van der Waals surface area contributed by atoms with Crippen molar-refractivity contribution in [3.8, 4) is 5.75 Å². The van der Waals surface area contributed by atoms with Crippen LogP contribution < -0.4 is 15.8 Å². The van der Waals surface area contributed by atoms with Crippen molar-refractivity contribution >= 4 is 11.6 Å². The molecule has 1 aromatic carbocycles. The maximum Gasteiger partial charge on any atom is 0.255 e. The molecule has 0 aliphatic rings. The van der Waals surface area contributed by atoms with Crippen LogP contribution in [0.25, 0.3) is 0 Å². The summed E-state index contributed by atoms with van der Waals surface area (Å²) in [4.78, 5) is 18.3. The summed E-state index contributed by atoms with van der Waals surface area (Å²) in [6.45, 7) is 1.78. The lowest BCUT2D eigenvalue weighted by molar-refractivity contribution is 0.102. The van der Waals surface area contributed by atoms with Crippen molar-refractivity contribution in [2.45, 2.75) is 6.54 Å². The zero-order chi connectivity index (χ0) is 16.7. The van der Waals surface area contributed by atoms with E-state index in [-0.39, 0.29) is 5.91 Å². The number of rotatable bonds is 7. The second-order valence-electron chi connectivity index (χ2n) is 5.37. The van der Waals surface area contributed by atoms with Crippen LogP contribution in [-0.2, 0) is 6.54 Å². The molecule has 0 bridgehead atoms. The summed E-state index contributed by atoms with van der Waals surface area (Å²) in [6.07, 6.45) is 1.58. The third-order valence-electron chi connectivity index (χ3n) is 3.21. The first-order valence-electron chi connectivity index (χ1n) is 7.42. The van der Waals surface area contributed by atoms with E-state index in [9.17, 15) is 4.79 Å². The predicted molar refractivity (Wildman–Crippen MR) is 90.6 cm³/mol. The van der Waals surface area contributed by atoms with Gasteiger partial charge in [-0.05, 0) is 50.5 Å². The summed E-state index contributed by atoms with van der Waals surface area (Å²) >= 11 is 0. The van der Waals surface area contributed by atoms with Gasteiger partial charge in [-0.15, -0.1) is 0 Å². The number of nitrogens with one attached hydrogen (secondary N) is 1. The topological polar surface area (TPSA) is 80.5 Å². The van der Waals surface area contributed by atoms with Gasteiger partial charge in [-0.3, -0.25) is 9.78 Å². The van der Waals surface area contributed by atoms with Crippen LogP contribution in [0.15, 0.2) is 42.6 Å². The third kappa shape index (κ3) is 5.36. The average Bonchev–Trinajstić information content (AvgIpc) is 2.56. The smallest absolute Gasteiger partial charge is 0.255 e. The highest BCUT2D eigenvalue weighted by atomic mass is 16.5. The molecule has 0 spiro atoms. The van der Waals surface area contributed by atoms with Crippen LogP contribution in [0.5, 0.6) is 5.75 Å². The highest BCUT2D eigenvalue weighted by Crippen LogP contribution is 2.16. The maximum atomic E-state index is 12.2. The number of ether oxygens (including phenoxy) is 1. The molecule has 2 aromatic rings. The van der Waals surface area contributed by atoms with Crippen LogP contribution in [0.1, 0.15) is 16.1 Å². The lowest BCUT2D eigenvalue weighted by Gasteiger charge is -2.11. The fourth-order valence-corrected chi connectivity index (χ4v) is 1.91. The number of likely N-dealkylation sites (N-methyl/N-ethyl adjacent to an activating group) is 1. The summed E-state index contributed by atoms with van der Waals surface area (Å²) in [7, 11) is 3.99. The fraction of sp³-hybridized carbons (Fsp3) is 0.294. The monoisotopic (exact) mass is 314 g/mol. The molecule has 0 fully saturated rings. The number of carbonyl (C=O) groups excluding carboxylic acids is 1. The fourth-order valence-electron chi connectivity index (χ4n) is 1.91. The van der Waals surface area contributed by atoms with Crippen LogP contribution in [-0.4, -0.2) is 43.0 Å². The number of hydrogen-bond donors (Lipinski definition) is 2. The highest BCUT2D eigenvalue weighted by Gasteiger charge is 2.07. The molecular weight excluding hydrogens is 292 g/mol. The van der Waals surface area contributed by atoms with Crippen molar-refractivity contribution in [1.29, 1.82) is 0 Å². The van der Waals surface area contributed by atoms with E-state index in [1.165, 1.54) is 0 Å². The predicted octanol–water partition coefficient (Wildman–Crippen LogP) is 1.73. The van der Waals surface area contributed by atoms with Gasteiger partial charge in [0.05, 0.1) is 5.69 Å². The lowest BCUT2D eigenvalue weighted by atomic mass is 10.2. The second-order valence-corrected chi connectivity index (χ2v) is 5.37. The molecule has 0 aliphatic heterocycles. The van der Waals surface area contributed by atoms with E-state index in [2.05, 4.69) is 15.2 Å². The minimum atomic E-state index is -0.191. The van der Waals surface area contributed by atoms with Crippen molar-refractivity contribution in [2.24, 2.45) is 5.73 Å². The lowest BCUT2D eigenvalue weighted by Crippen LogP contribution is -2.19. The van der Waals surface area contributed by atoms with Crippen molar-refractivity contribution in [1.82, 2.24) is 9.88 Å². The third-order valence-corrected chi connectivity index (χ3v) is 3.21. The van der Waals surface area contributed by atoms with Crippen LogP contribution >= 0.6 is 0 Å². The molecule has 3 N–H and O–H groups in total. The Labute approximate surface area is 136 Å². The molecule has 0 unspecified atom stereocenters. The van der Waals surface area contributed by atoms with Gasteiger partial charge in [0.15, 0.2) is 0 Å². The van der Waals surface area contributed by atoms with Crippen LogP contribution in [0.2, 0.25) is 0 Å². The Morgan fingerprint density at radius 1 is 1.26 bits per heavy atom. The van der Waals surface area contributed by atoms with E-state index in [0.717, 1.165) is 12.3 Å². The van der Waals surface area contributed by atoms with Gasteiger partial charge in [0.25, 0.3) is 5.91 Å². The molecule has 6 heteroatoms. The summed E-state index contributed by atoms with van der Waals surface area (Å²) in [5.74, 6) is 0.586. The van der Waals surface area contributed by atoms with E-state index in [1.54, 1.807) is 18.3 Å². The maximum absolute atomic E-state index is 12.2. The van der Waals surface area contributed by atoms with Crippen LogP contribution in [0, 0.1) is 0 Å². The molecule has 0 saturated carbocycles. The van der Waals surface area contributed by atoms with E-state index in [1.807, 2.05) is 38.4 Å². The molecular formula is C17H22N4O2. The Balaban J connectivity index is 1.93. The number of hydrogen-bond acceptors (Lipinski definition) is 5. The number of nitrogens with zero attached hydrogens (tertiary/aromatic N) is 2. The van der Waals surface area contributed by atoms with E-state index in [4.69, 9.17) is 10.5 Å². The molecule has 6 nitrogen and oxygen atoms in total. The van der Waals surface area contributed by atoms with E-state index in [0.29, 0.717) is 30.1 Å². The number of anilines is 1. The molecule has 1 heterocycles. The SMILES string of the molecule is CN(C)CCOc1ccc(NC(=O)c2ccnc(CN)c2)cc1. The summed E-state index contributed by atoms with van der Waals surface area (Å²) in [6, 6.07) is 10.6. The molecule has 0 atom stereocenters. The minimum absolute atomic E-state index is 0.191. The largest absolute Gasteiger partial charge is 0.492 e. The van der Waals surface area contributed by atoms with Gasteiger partial charge in [-0.25, -0.2) is 0 Å². The summed E-state index contributed by atoms with van der Waals surface area (Å²) in [5.41, 5.74) is 7.46. The molecule has 1 aromatic heterocycles. The molecule has 23 heavy (non-hydrogen) atoms. The van der Waals surface area contributed by atoms with Gasteiger partial charge in [0.1, 0.15) is 12.4 Å². The van der Waals surface area contributed by atoms with Gasteiger partial charge < -0.3 is 20.7 Å². The van der Waals surface area contributed by atoms with Gasteiger partial charge >= 0.3 is 0 Å². The number of nitrogens with two attached hydrogens (primary N) is 1.